The van der Waals surface area contributed by atoms with Crippen LogP contribution in [0.3, 0.4) is 0 Å². The van der Waals surface area contributed by atoms with Crippen LogP contribution in [-0.2, 0) is 29.4 Å². The van der Waals surface area contributed by atoms with Crippen LogP contribution >= 0.6 is 7.82 Å². The van der Waals surface area contributed by atoms with Crippen LogP contribution in [0, 0.1) is 0 Å². The second-order valence-electron chi connectivity index (χ2n) is 6.54. The Balaban J connectivity index is 2.24. The average molecular weight is 517 g/mol. The summed E-state index contributed by atoms with van der Waals surface area (Å²) in [5.41, 5.74) is 0.860. The first-order valence-corrected chi connectivity index (χ1v) is 12.8. The van der Waals surface area contributed by atoms with Gasteiger partial charge in [0.2, 0.25) is 10.0 Å². The molecule has 0 aromatic heterocycles. The highest BCUT2D eigenvalue weighted by atomic mass is 32.2. The smallest absolute Gasteiger partial charge is 0.496 e. The molecule has 0 aliphatic carbocycles. The molecular formula is C21H28NO10PS. The fourth-order valence-electron chi connectivity index (χ4n) is 2.83. The maximum atomic E-state index is 12.6. The van der Waals surface area contributed by atoms with Gasteiger partial charge in [-0.05, 0) is 23.8 Å². The van der Waals surface area contributed by atoms with E-state index in [0.717, 1.165) is 14.2 Å². The third kappa shape index (κ3) is 7.04. The molecule has 0 saturated heterocycles. The van der Waals surface area contributed by atoms with Crippen molar-refractivity contribution in [1.82, 2.24) is 4.72 Å². The van der Waals surface area contributed by atoms with E-state index in [1.807, 2.05) is 0 Å². The first-order valence-electron chi connectivity index (χ1n) is 9.68. The largest absolute Gasteiger partial charge is 0.529 e. The number of phosphoric ester groups is 1. The summed E-state index contributed by atoms with van der Waals surface area (Å²) in [5, 5.41) is 0. The van der Waals surface area contributed by atoms with Crippen molar-refractivity contribution >= 4 is 23.9 Å². The van der Waals surface area contributed by atoms with Crippen LogP contribution in [0.2, 0.25) is 0 Å². The molecule has 13 heteroatoms. The summed E-state index contributed by atoms with van der Waals surface area (Å²) in [6.07, 6.45) is 2.76. The zero-order valence-electron chi connectivity index (χ0n) is 19.7. The van der Waals surface area contributed by atoms with Crippen molar-refractivity contribution in [1.29, 1.82) is 0 Å². The van der Waals surface area contributed by atoms with Crippen molar-refractivity contribution in [3.63, 3.8) is 0 Å². The van der Waals surface area contributed by atoms with E-state index in [1.165, 1.54) is 58.9 Å². The van der Waals surface area contributed by atoms with Crippen LogP contribution in [0.25, 0.3) is 6.08 Å². The van der Waals surface area contributed by atoms with E-state index in [-0.39, 0.29) is 11.5 Å². The first-order chi connectivity index (χ1) is 16.1. The number of hydrogen-bond acceptors (Lipinski definition) is 10. The number of ether oxygens (including phenoxy) is 4. The van der Waals surface area contributed by atoms with Gasteiger partial charge in [-0.3, -0.25) is 13.8 Å². The van der Waals surface area contributed by atoms with Crippen LogP contribution in [0.1, 0.15) is 11.1 Å². The third-order valence-corrected chi connectivity index (χ3v) is 7.02. The SMILES string of the molecule is COc1cc(OC)c(C=CNS(=O)(=O)Cc2ccc(OC)c(OP(=O)(OC)OC)c2)c(OC)c1. The molecule has 0 amide bonds. The maximum absolute atomic E-state index is 12.6. The maximum Gasteiger partial charge on any atom is 0.529 e. The Bertz CT molecular complexity index is 1130. The summed E-state index contributed by atoms with van der Waals surface area (Å²) >= 11 is 0. The van der Waals surface area contributed by atoms with Crippen LogP contribution in [0.4, 0.5) is 0 Å². The number of methoxy groups -OCH3 is 4. The predicted molar refractivity (Wildman–Crippen MR) is 126 cm³/mol. The molecule has 0 atom stereocenters. The Morgan fingerprint density at radius 2 is 1.41 bits per heavy atom. The highest BCUT2D eigenvalue weighted by Crippen LogP contribution is 2.50. The molecule has 34 heavy (non-hydrogen) atoms. The van der Waals surface area contributed by atoms with E-state index < -0.39 is 23.6 Å². The number of phosphoric acid groups is 1. The fraction of sp³-hybridized carbons (Fsp3) is 0.333. The Morgan fingerprint density at radius 1 is 0.824 bits per heavy atom. The van der Waals surface area contributed by atoms with Crippen molar-refractivity contribution in [3.05, 3.63) is 47.7 Å². The number of nitrogens with one attached hydrogen (secondary N) is 1. The van der Waals surface area contributed by atoms with Crippen LogP contribution in [-0.4, -0.2) is 51.1 Å². The van der Waals surface area contributed by atoms with Crippen molar-refractivity contribution in [2.75, 3.05) is 42.7 Å². The first kappa shape index (κ1) is 27.3. The van der Waals surface area contributed by atoms with Gasteiger partial charge in [0.1, 0.15) is 17.2 Å². The summed E-state index contributed by atoms with van der Waals surface area (Å²) in [6.45, 7) is 0. The van der Waals surface area contributed by atoms with Crippen LogP contribution < -0.4 is 28.2 Å². The second-order valence-corrected chi connectivity index (χ2v) is 10.1. The lowest BCUT2D eigenvalue weighted by Gasteiger charge is -2.17. The normalized spacial score (nSPS) is 11.8. The van der Waals surface area contributed by atoms with E-state index in [9.17, 15) is 13.0 Å². The Kier molecular flexibility index (Phi) is 9.63. The molecule has 2 aromatic carbocycles. The summed E-state index contributed by atoms with van der Waals surface area (Å²) in [6, 6.07) is 7.69. The molecule has 11 nitrogen and oxygen atoms in total. The number of hydrogen-bond donors (Lipinski definition) is 1. The van der Waals surface area contributed by atoms with Gasteiger partial charge in [-0.2, -0.15) is 0 Å². The van der Waals surface area contributed by atoms with Crippen molar-refractivity contribution in [3.8, 4) is 28.7 Å². The summed E-state index contributed by atoms with van der Waals surface area (Å²) in [5.74, 6) is 1.22. The number of sulfonamides is 1. The molecule has 0 unspecified atom stereocenters. The molecule has 0 saturated carbocycles. The standard InChI is InChI=1S/C21H28NO10PS/c1-26-16-12-19(28-3)17(20(13-16)29-4)9-10-22-34(24,25)14-15-7-8-18(27-2)21(11-15)32-33(23,30-5)31-6/h7-13,22H,14H2,1-6H3. The molecule has 0 fully saturated rings. The molecule has 1 N–H and O–H groups in total. The highest BCUT2D eigenvalue weighted by molar-refractivity contribution is 7.88. The minimum absolute atomic E-state index is 0.00507. The molecule has 0 radical (unpaired) electrons. The monoisotopic (exact) mass is 517 g/mol. The van der Waals surface area contributed by atoms with E-state index >= 15 is 0 Å². The quantitative estimate of drug-likeness (QED) is 0.394. The highest BCUT2D eigenvalue weighted by Gasteiger charge is 2.27. The molecular weight excluding hydrogens is 489 g/mol. The Hall–Kier alpha value is -2.92. The van der Waals surface area contributed by atoms with Crippen LogP contribution in [0.15, 0.2) is 36.5 Å². The predicted octanol–water partition coefficient (Wildman–Crippen LogP) is 3.59. The van der Waals surface area contributed by atoms with E-state index in [4.69, 9.17) is 32.5 Å². The van der Waals surface area contributed by atoms with E-state index in [2.05, 4.69) is 4.72 Å². The van der Waals surface area contributed by atoms with Gasteiger partial charge in [0.15, 0.2) is 11.5 Å². The lowest BCUT2D eigenvalue weighted by molar-refractivity contribution is 0.208. The van der Waals surface area contributed by atoms with Crippen molar-refractivity contribution in [2.45, 2.75) is 5.75 Å². The molecule has 0 heterocycles. The van der Waals surface area contributed by atoms with Gasteiger partial charge in [-0.25, -0.2) is 13.0 Å². The molecule has 0 bridgehead atoms. The van der Waals surface area contributed by atoms with Gasteiger partial charge >= 0.3 is 7.82 Å². The third-order valence-electron chi connectivity index (χ3n) is 4.49. The number of rotatable bonds is 13. The molecule has 0 aliphatic heterocycles. The Labute approximate surface area is 199 Å². The van der Waals surface area contributed by atoms with Gasteiger partial charge in [-0.15, -0.1) is 0 Å². The molecule has 2 aromatic rings. The lowest BCUT2D eigenvalue weighted by Crippen LogP contribution is -2.19. The minimum Gasteiger partial charge on any atom is -0.496 e. The number of benzene rings is 2. The van der Waals surface area contributed by atoms with Gasteiger partial charge in [0, 0.05) is 32.6 Å². The summed E-state index contributed by atoms with van der Waals surface area (Å²) < 4.78 is 75.9. The fourth-order valence-corrected chi connectivity index (χ4v) is 4.49. The second kappa shape index (κ2) is 12.0. The molecule has 2 rings (SSSR count). The minimum atomic E-state index is -3.88. The lowest BCUT2D eigenvalue weighted by atomic mass is 10.1. The Morgan fingerprint density at radius 3 is 1.91 bits per heavy atom. The van der Waals surface area contributed by atoms with Gasteiger partial charge < -0.3 is 23.5 Å². The average Bonchev–Trinajstić information content (AvgIpc) is 2.83. The van der Waals surface area contributed by atoms with Gasteiger partial charge in [0.05, 0.1) is 39.8 Å². The van der Waals surface area contributed by atoms with E-state index in [0.29, 0.717) is 28.4 Å². The topological polar surface area (TPSA) is 128 Å². The molecule has 0 spiro atoms. The molecule has 188 valence electrons. The van der Waals surface area contributed by atoms with Crippen molar-refractivity contribution in [2.24, 2.45) is 0 Å². The zero-order valence-corrected chi connectivity index (χ0v) is 21.4. The van der Waals surface area contributed by atoms with Gasteiger partial charge in [-0.1, -0.05) is 6.07 Å². The zero-order chi connectivity index (χ0) is 25.4. The van der Waals surface area contributed by atoms with Crippen LogP contribution in [0.5, 0.6) is 28.7 Å². The summed E-state index contributed by atoms with van der Waals surface area (Å²) in [4.78, 5) is 0. The van der Waals surface area contributed by atoms with Crippen molar-refractivity contribution < 1.29 is 45.5 Å². The van der Waals surface area contributed by atoms with E-state index in [1.54, 1.807) is 12.1 Å². The summed E-state index contributed by atoms with van der Waals surface area (Å²) in [7, 11) is 0.478. The van der Waals surface area contributed by atoms with Gasteiger partial charge in [0.25, 0.3) is 0 Å². The molecule has 0 aliphatic rings.